The molecule has 0 fully saturated rings. The number of hydrogen-bond acceptors (Lipinski definition) is 2. The molecule has 0 saturated heterocycles. The summed E-state index contributed by atoms with van der Waals surface area (Å²) in [4.78, 5) is 15.5. The zero-order valence-corrected chi connectivity index (χ0v) is 15.1. The van der Waals surface area contributed by atoms with Crippen LogP contribution in [0.5, 0.6) is 0 Å². The Morgan fingerprint density at radius 2 is 1.79 bits per heavy atom. The quantitative estimate of drug-likeness (QED) is 0.557. The van der Waals surface area contributed by atoms with E-state index in [1.807, 2.05) is 0 Å². The fourth-order valence-electron chi connectivity index (χ4n) is 2.48. The molecule has 2 amide bonds. The average molecular weight is 439 g/mol. The van der Waals surface area contributed by atoms with Crippen LogP contribution in [0.1, 0.15) is 5.56 Å². The Hall–Kier alpha value is -2.95. The Balaban J connectivity index is 0.00000300. The van der Waals surface area contributed by atoms with Crippen molar-refractivity contribution in [2.24, 2.45) is 0 Å². The molecule has 29 heavy (non-hydrogen) atoms. The Morgan fingerprint density at radius 1 is 1.07 bits per heavy atom. The summed E-state index contributed by atoms with van der Waals surface area (Å²) in [7, 11) is 0. The molecular weight excluding hydrogens is 426 g/mol. The minimum absolute atomic E-state index is 0. The SMILES string of the molecule is Cl.O=C(NCC(F)(F)F)Nc1cccc(-c2cnc3cc(C(F)(F)F)ccn23)c1. The lowest BCUT2D eigenvalue weighted by atomic mass is 10.1. The first kappa shape index (κ1) is 22.3. The molecule has 0 aliphatic heterocycles. The minimum Gasteiger partial charge on any atom is -0.329 e. The third-order valence-electron chi connectivity index (χ3n) is 3.71. The number of imidazole rings is 1. The van der Waals surface area contributed by atoms with Crippen LogP contribution in [0.2, 0.25) is 0 Å². The van der Waals surface area contributed by atoms with Crippen LogP contribution in [0.3, 0.4) is 0 Å². The van der Waals surface area contributed by atoms with Crippen molar-refractivity contribution in [2.45, 2.75) is 12.4 Å². The third-order valence-corrected chi connectivity index (χ3v) is 3.71. The number of nitrogens with one attached hydrogen (secondary N) is 2. The Kier molecular flexibility index (Phi) is 6.31. The normalized spacial score (nSPS) is 11.8. The monoisotopic (exact) mass is 438 g/mol. The average Bonchev–Trinajstić information content (AvgIpc) is 3.02. The zero-order valence-electron chi connectivity index (χ0n) is 14.3. The summed E-state index contributed by atoms with van der Waals surface area (Å²) in [6, 6.07) is 6.86. The molecular formula is C17H13ClF6N4O. The lowest BCUT2D eigenvalue weighted by molar-refractivity contribution is -0.137. The summed E-state index contributed by atoms with van der Waals surface area (Å²) in [6.07, 6.45) is -6.46. The van der Waals surface area contributed by atoms with Crippen molar-refractivity contribution in [1.29, 1.82) is 0 Å². The molecule has 0 aliphatic carbocycles. The van der Waals surface area contributed by atoms with Crippen molar-refractivity contribution in [2.75, 3.05) is 11.9 Å². The summed E-state index contributed by atoms with van der Waals surface area (Å²) in [5, 5.41) is 3.94. The number of carbonyl (C=O) groups is 1. The number of halogens is 7. The number of urea groups is 1. The number of aromatic nitrogens is 2. The highest BCUT2D eigenvalue weighted by Gasteiger charge is 2.31. The third kappa shape index (κ3) is 5.53. The lowest BCUT2D eigenvalue weighted by Crippen LogP contribution is -2.36. The van der Waals surface area contributed by atoms with E-state index in [0.717, 1.165) is 12.1 Å². The van der Waals surface area contributed by atoms with Gasteiger partial charge in [-0.1, -0.05) is 12.1 Å². The zero-order chi connectivity index (χ0) is 20.5. The van der Waals surface area contributed by atoms with Gasteiger partial charge in [0.15, 0.2) is 0 Å². The van der Waals surface area contributed by atoms with Crippen LogP contribution in [0.15, 0.2) is 48.8 Å². The summed E-state index contributed by atoms with van der Waals surface area (Å²) in [5.74, 6) is 0. The van der Waals surface area contributed by atoms with Gasteiger partial charge in [-0.25, -0.2) is 9.78 Å². The maximum Gasteiger partial charge on any atom is 0.416 e. The summed E-state index contributed by atoms with van der Waals surface area (Å²) in [5.41, 5.74) is 0.392. The summed E-state index contributed by atoms with van der Waals surface area (Å²) in [6.45, 7) is -1.48. The van der Waals surface area contributed by atoms with Gasteiger partial charge in [-0.15, -0.1) is 12.4 Å². The van der Waals surface area contributed by atoms with E-state index in [2.05, 4.69) is 10.3 Å². The Bertz CT molecular complexity index is 1020. The molecule has 5 nitrogen and oxygen atoms in total. The minimum atomic E-state index is -4.54. The molecule has 0 spiro atoms. The highest BCUT2D eigenvalue weighted by atomic mass is 35.5. The van der Waals surface area contributed by atoms with Gasteiger partial charge in [0, 0.05) is 17.4 Å². The molecule has 3 rings (SSSR count). The molecule has 2 heterocycles. The summed E-state index contributed by atoms with van der Waals surface area (Å²) >= 11 is 0. The standard InChI is InChI=1S/C17H12F6N4O.ClH/c18-16(19,20)9-25-15(28)26-12-3-1-2-10(6-12)13-8-24-14-7-11(17(21,22)23)4-5-27(13)14;/h1-8H,9H2,(H2,25,26,28);1H. The van der Waals surface area contributed by atoms with Crippen molar-refractivity contribution in [3.05, 3.63) is 54.4 Å². The number of benzene rings is 1. The molecule has 0 bridgehead atoms. The highest BCUT2D eigenvalue weighted by Crippen LogP contribution is 2.31. The number of amides is 2. The lowest BCUT2D eigenvalue weighted by Gasteiger charge is -2.11. The molecule has 0 aliphatic rings. The molecule has 3 aromatic rings. The number of alkyl halides is 6. The van der Waals surface area contributed by atoms with Gasteiger partial charge in [-0.2, -0.15) is 26.3 Å². The Morgan fingerprint density at radius 3 is 2.45 bits per heavy atom. The number of pyridine rings is 1. The van der Waals surface area contributed by atoms with Gasteiger partial charge >= 0.3 is 18.4 Å². The first-order chi connectivity index (χ1) is 13.0. The maximum atomic E-state index is 12.8. The molecule has 12 heteroatoms. The number of hydrogen-bond donors (Lipinski definition) is 2. The van der Waals surface area contributed by atoms with Crippen LogP contribution < -0.4 is 10.6 Å². The van der Waals surface area contributed by atoms with Gasteiger partial charge in [0.05, 0.1) is 17.5 Å². The van der Waals surface area contributed by atoms with E-state index >= 15 is 0 Å². The molecule has 0 saturated carbocycles. The van der Waals surface area contributed by atoms with Crippen molar-refractivity contribution < 1.29 is 31.1 Å². The molecule has 1 aromatic carbocycles. The van der Waals surface area contributed by atoms with Gasteiger partial charge in [0.2, 0.25) is 0 Å². The highest BCUT2D eigenvalue weighted by molar-refractivity contribution is 5.90. The van der Waals surface area contributed by atoms with Gasteiger partial charge in [-0.3, -0.25) is 4.40 Å². The van der Waals surface area contributed by atoms with Gasteiger partial charge in [0.1, 0.15) is 12.2 Å². The van der Waals surface area contributed by atoms with Crippen LogP contribution in [-0.4, -0.2) is 28.1 Å². The van der Waals surface area contributed by atoms with Crippen molar-refractivity contribution in [3.8, 4) is 11.3 Å². The Labute approximate surface area is 166 Å². The van der Waals surface area contributed by atoms with Crippen LogP contribution in [0.4, 0.5) is 36.8 Å². The van der Waals surface area contributed by atoms with Gasteiger partial charge < -0.3 is 10.6 Å². The number of nitrogens with zero attached hydrogens (tertiary/aromatic N) is 2. The predicted molar refractivity (Wildman–Crippen MR) is 96.0 cm³/mol. The van der Waals surface area contributed by atoms with Crippen LogP contribution in [0, 0.1) is 0 Å². The number of rotatable bonds is 3. The number of fused-ring (bicyclic) bond motifs is 1. The fourth-order valence-corrected chi connectivity index (χ4v) is 2.48. The molecule has 156 valence electrons. The van der Waals surface area contributed by atoms with E-state index in [4.69, 9.17) is 0 Å². The molecule has 2 aromatic heterocycles. The van der Waals surface area contributed by atoms with E-state index in [9.17, 15) is 31.1 Å². The van der Waals surface area contributed by atoms with Crippen molar-refractivity contribution in [1.82, 2.24) is 14.7 Å². The van der Waals surface area contributed by atoms with Crippen LogP contribution >= 0.6 is 12.4 Å². The second kappa shape index (κ2) is 8.19. The van der Waals surface area contributed by atoms with E-state index < -0.39 is 30.5 Å². The van der Waals surface area contributed by atoms with Gasteiger partial charge in [0.25, 0.3) is 0 Å². The van der Waals surface area contributed by atoms with E-state index in [1.165, 1.54) is 35.0 Å². The van der Waals surface area contributed by atoms with Gasteiger partial charge in [-0.05, 0) is 24.3 Å². The predicted octanol–water partition coefficient (Wildman–Crippen LogP) is 5.13. The first-order valence-corrected chi connectivity index (χ1v) is 7.79. The maximum absolute atomic E-state index is 12.8. The molecule has 0 unspecified atom stereocenters. The van der Waals surface area contributed by atoms with Crippen molar-refractivity contribution in [3.63, 3.8) is 0 Å². The molecule has 0 atom stereocenters. The largest absolute Gasteiger partial charge is 0.416 e. The summed E-state index contributed by atoms with van der Waals surface area (Å²) < 4.78 is 76.2. The number of anilines is 1. The second-order valence-electron chi connectivity index (χ2n) is 5.79. The van der Waals surface area contributed by atoms with Crippen molar-refractivity contribution >= 4 is 29.8 Å². The van der Waals surface area contributed by atoms with E-state index in [0.29, 0.717) is 11.3 Å². The first-order valence-electron chi connectivity index (χ1n) is 7.79. The smallest absolute Gasteiger partial charge is 0.329 e. The van der Waals surface area contributed by atoms with E-state index in [-0.39, 0.29) is 23.7 Å². The molecule has 2 N–H and O–H groups in total. The number of carbonyl (C=O) groups excluding carboxylic acids is 1. The molecule has 0 radical (unpaired) electrons. The van der Waals surface area contributed by atoms with E-state index in [1.54, 1.807) is 11.4 Å². The fraction of sp³-hybridized carbons (Fsp3) is 0.176. The van der Waals surface area contributed by atoms with Crippen LogP contribution in [-0.2, 0) is 6.18 Å². The topological polar surface area (TPSA) is 58.4 Å². The van der Waals surface area contributed by atoms with Crippen LogP contribution in [0.25, 0.3) is 16.9 Å². The second-order valence-corrected chi connectivity index (χ2v) is 5.79.